The molecule has 21 heavy (non-hydrogen) atoms. The zero-order valence-electron chi connectivity index (χ0n) is 12.9. The molecular weight excluding hydrogens is 270 g/mol. The van der Waals surface area contributed by atoms with Crippen LogP contribution >= 0.6 is 0 Å². The first kappa shape index (κ1) is 17.0. The highest BCUT2D eigenvalue weighted by Gasteiger charge is 2.15. The summed E-state index contributed by atoms with van der Waals surface area (Å²) in [4.78, 5) is 24.8. The van der Waals surface area contributed by atoms with Crippen molar-refractivity contribution in [2.24, 2.45) is 0 Å². The van der Waals surface area contributed by atoms with E-state index in [1.807, 2.05) is 19.1 Å². The van der Waals surface area contributed by atoms with Gasteiger partial charge in [0.15, 0.2) is 5.78 Å². The molecule has 0 aliphatic rings. The van der Waals surface area contributed by atoms with E-state index >= 15 is 0 Å². The number of rotatable bonds is 9. The van der Waals surface area contributed by atoms with Crippen molar-refractivity contribution in [3.63, 3.8) is 0 Å². The number of hydrogen-bond donors (Lipinski definition) is 1. The maximum Gasteiger partial charge on any atom is 0.303 e. The molecule has 1 aromatic rings. The van der Waals surface area contributed by atoms with Crippen molar-refractivity contribution in [2.75, 3.05) is 24.6 Å². The van der Waals surface area contributed by atoms with E-state index in [0.717, 1.165) is 18.8 Å². The minimum Gasteiger partial charge on any atom is -0.493 e. The average molecular weight is 293 g/mol. The third-order valence-corrected chi connectivity index (χ3v) is 3.26. The second kappa shape index (κ2) is 8.29. The van der Waals surface area contributed by atoms with E-state index in [2.05, 4.69) is 18.7 Å². The zero-order chi connectivity index (χ0) is 15.8. The number of Topliss-reactive ketones (excluding diaryl/α,β-unsaturated/α-hetero) is 1. The number of carbonyl (C=O) groups excluding carboxylic acids is 1. The van der Waals surface area contributed by atoms with Crippen molar-refractivity contribution >= 4 is 17.4 Å². The van der Waals surface area contributed by atoms with E-state index in [1.54, 1.807) is 6.07 Å². The van der Waals surface area contributed by atoms with Gasteiger partial charge in [-0.3, -0.25) is 9.59 Å². The van der Waals surface area contributed by atoms with Gasteiger partial charge in [-0.25, -0.2) is 0 Å². The normalized spacial score (nSPS) is 10.2. The SMILES string of the molecule is CCOc1cc(N(CC)CC)ccc1C(=O)CCC(=O)O. The maximum atomic E-state index is 12.1. The van der Waals surface area contributed by atoms with Gasteiger partial charge in [-0.15, -0.1) is 0 Å². The lowest BCUT2D eigenvalue weighted by molar-refractivity contribution is -0.136. The molecule has 0 atom stereocenters. The third-order valence-electron chi connectivity index (χ3n) is 3.26. The lowest BCUT2D eigenvalue weighted by Gasteiger charge is -2.22. The van der Waals surface area contributed by atoms with Crippen LogP contribution in [0.4, 0.5) is 5.69 Å². The van der Waals surface area contributed by atoms with E-state index in [-0.39, 0.29) is 18.6 Å². The smallest absolute Gasteiger partial charge is 0.303 e. The highest BCUT2D eigenvalue weighted by molar-refractivity contribution is 6.00. The molecule has 0 heterocycles. The summed E-state index contributed by atoms with van der Waals surface area (Å²) in [6, 6.07) is 5.46. The molecule has 0 unspecified atom stereocenters. The molecule has 1 rings (SSSR count). The van der Waals surface area contributed by atoms with Crippen LogP contribution in [0.25, 0.3) is 0 Å². The Balaban J connectivity index is 3.03. The van der Waals surface area contributed by atoms with Crippen molar-refractivity contribution in [1.29, 1.82) is 0 Å². The standard InChI is InChI=1S/C16H23NO4/c1-4-17(5-2)12-7-8-13(15(11-12)21-6-3)14(18)9-10-16(19)20/h7-8,11H,4-6,9-10H2,1-3H3,(H,19,20). The molecular formula is C16H23NO4. The molecule has 0 saturated carbocycles. The van der Waals surface area contributed by atoms with Gasteiger partial charge in [0.2, 0.25) is 0 Å². The number of benzene rings is 1. The van der Waals surface area contributed by atoms with Crippen LogP contribution in [0.5, 0.6) is 5.75 Å². The Labute approximate surface area is 125 Å². The molecule has 5 nitrogen and oxygen atoms in total. The fourth-order valence-electron chi connectivity index (χ4n) is 2.16. The summed E-state index contributed by atoms with van der Waals surface area (Å²) in [5.74, 6) is -0.648. The quantitative estimate of drug-likeness (QED) is 0.709. The molecule has 0 saturated heterocycles. The van der Waals surface area contributed by atoms with Crippen molar-refractivity contribution in [3.05, 3.63) is 23.8 Å². The highest BCUT2D eigenvalue weighted by atomic mass is 16.5. The second-order valence-electron chi connectivity index (χ2n) is 4.60. The summed E-state index contributed by atoms with van der Waals surface area (Å²) in [5.41, 5.74) is 1.45. The fourth-order valence-corrected chi connectivity index (χ4v) is 2.16. The monoisotopic (exact) mass is 293 g/mol. The summed E-state index contributed by atoms with van der Waals surface area (Å²) in [6.07, 6.45) is -0.178. The van der Waals surface area contributed by atoms with E-state index in [0.29, 0.717) is 17.9 Å². The van der Waals surface area contributed by atoms with Crippen LogP contribution in [0.3, 0.4) is 0 Å². The number of aliphatic carboxylic acids is 1. The predicted molar refractivity (Wildman–Crippen MR) is 82.4 cm³/mol. The second-order valence-corrected chi connectivity index (χ2v) is 4.60. The molecule has 116 valence electrons. The molecule has 0 amide bonds. The fraction of sp³-hybridized carbons (Fsp3) is 0.500. The minimum absolute atomic E-state index is 0.0139. The van der Waals surface area contributed by atoms with Gasteiger partial charge in [0.25, 0.3) is 0 Å². The summed E-state index contributed by atoms with van der Waals surface area (Å²) >= 11 is 0. The predicted octanol–water partition coefficient (Wildman–Crippen LogP) is 2.98. The molecule has 0 fully saturated rings. The summed E-state index contributed by atoms with van der Waals surface area (Å²) in [7, 11) is 0. The molecule has 0 aliphatic heterocycles. The van der Waals surface area contributed by atoms with Crippen molar-refractivity contribution in [3.8, 4) is 5.75 Å². The van der Waals surface area contributed by atoms with Crippen molar-refractivity contribution < 1.29 is 19.4 Å². The Morgan fingerprint density at radius 1 is 1.14 bits per heavy atom. The van der Waals surface area contributed by atoms with E-state index in [4.69, 9.17) is 9.84 Å². The Morgan fingerprint density at radius 3 is 2.33 bits per heavy atom. The number of hydrogen-bond acceptors (Lipinski definition) is 4. The van der Waals surface area contributed by atoms with Crippen LogP contribution in [-0.4, -0.2) is 36.6 Å². The molecule has 0 radical (unpaired) electrons. The summed E-state index contributed by atoms with van der Waals surface area (Å²) in [6.45, 7) is 8.19. The number of carboxylic acid groups (broad SMARTS) is 1. The topological polar surface area (TPSA) is 66.8 Å². The van der Waals surface area contributed by atoms with Gasteiger partial charge in [0.1, 0.15) is 5.75 Å². The third kappa shape index (κ3) is 4.77. The Kier molecular flexibility index (Phi) is 6.72. The largest absolute Gasteiger partial charge is 0.493 e. The van der Waals surface area contributed by atoms with Gasteiger partial charge in [-0.05, 0) is 32.9 Å². The molecule has 1 N–H and O–H groups in total. The molecule has 5 heteroatoms. The summed E-state index contributed by atoms with van der Waals surface area (Å²) < 4.78 is 5.55. The van der Waals surface area contributed by atoms with Crippen LogP contribution in [0.2, 0.25) is 0 Å². The Hall–Kier alpha value is -2.04. The average Bonchev–Trinajstić information content (AvgIpc) is 2.46. The molecule has 1 aromatic carbocycles. The van der Waals surface area contributed by atoms with Gasteiger partial charge in [-0.1, -0.05) is 0 Å². The van der Waals surface area contributed by atoms with Crippen molar-refractivity contribution in [1.82, 2.24) is 0 Å². The molecule has 0 aliphatic carbocycles. The highest BCUT2D eigenvalue weighted by Crippen LogP contribution is 2.27. The summed E-state index contributed by atoms with van der Waals surface area (Å²) in [5, 5.41) is 8.67. The first-order valence-electron chi connectivity index (χ1n) is 7.30. The van der Waals surface area contributed by atoms with E-state index in [9.17, 15) is 9.59 Å². The molecule has 0 bridgehead atoms. The van der Waals surface area contributed by atoms with E-state index in [1.165, 1.54) is 0 Å². The Morgan fingerprint density at radius 2 is 1.81 bits per heavy atom. The van der Waals surface area contributed by atoms with Crippen LogP contribution in [0.15, 0.2) is 18.2 Å². The molecule has 0 aromatic heterocycles. The number of nitrogens with zero attached hydrogens (tertiary/aromatic N) is 1. The first-order chi connectivity index (χ1) is 10.0. The van der Waals surface area contributed by atoms with Gasteiger partial charge < -0.3 is 14.7 Å². The van der Waals surface area contributed by atoms with Crippen LogP contribution in [-0.2, 0) is 4.79 Å². The van der Waals surface area contributed by atoms with E-state index < -0.39 is 5.97 Å². The van der Waals surface area contributed by atoms with Gasteiger partial charge in [0, 0.05) is 31.3 Å². The number of carboxylic acids is 1. The minimum atomic E-state index is -0.971. The zero-order valence-corrected chi connectivity index (χ0v) is 12.9. The number of carbonyl (C=O) groups is 2. The lowest BCUT2D eigenvalue weighted by atomic mass is 10.0. The van der Waals surface area contributed by atoms with Crippen LogP contribution in [0, 0.1) is 0 Å². The van der Waals surface area contributed by atoms with Crippen LogP contribution in [0.1, 0.15) is 44.0 Å². The van der Waals surface area contributed by atoms with Gasteiger partial charge in [0.05, 0.1) is 18.6 Å². The van der Waals surface area contributed by atoms with Gasteiger partial charge >= 0.3 is 5.97 Å². The Bertz CT molecular complexity index is 495. The van der Waals surface area contributed by atoms with Crippen molar-refractivity contribution in [2.45, 2.75) is 33.6 Å². The van der Waals surface area contributed by atoms with Gasteiger partial charge in [-0.2, -0.15) is 0 Å². The first-order valence-corrected chi connectivity index (χ1v) is 7.30. The maximum absolute atomic E-state index is 12.1. The lowest BCUT2D eigenvalue weighted by Crippen LogP contribution is -2.22. The number of ether oxygens (including phenoxy) is 1. The number of anilines is 1. The number of ketones is 1. The van der Waals surface area contributed by atoms with Crippen LogP contribution < -0.4 is 9.64 Å². The molecule has 0 spiro atoms.